The van der Waals surface area contributed by atoms with Crippen molar-refractivity contribution in [3.8, 4) is 5.75 Å². The lowest BCUT2D eigenvalue weighted by Gasteiger charge is -2.43. The van der Waals surface area contributed by atoms with E-state index in [1.165, 1.54) is 0 Å². The van der Waals surface area contributed by atoms with Crippen molar-refractivity contribution in [2.24, 2.45) is 23.7 Å². The van der Waals surface area contributed by atoms with Gasteiger partial charge in [-0.2, -0.15) is 0 Å². The fourth-order valence-electron chi connectivity index (χ4n) is 6.60. The van der Waals surface area contributed by atoms with Crippen molar-refractivity contribution in [1.29, 1.82) is 0 Å². The Morgan fingerprint density at radius 3 is 2.48 bits per heavy atom. The summed E-state index contributed by atoms with van der Waals surface area (Å²) in [5.41, 5.74) is 0.431. The summed E-state index contributed by atoms with van der Waals surface area (Å²) in [6.45, 7) is 9.95. The molecular formula is C25H36O6. The first-order chi connectivity index (χ1) is 14.9. The van der Waals surface area contributed by atoms with Gasteiger partial charge in [0.1, 0.15) is 17.0 Å². The van der Waals surface area contributed by atoms with E-state index >= 15 is 0 Å². The third-order valence-corrected chi connectivity index (χ3v) is 8.57. The summed E-state index contributed by atoms with van der Waals surface area (Å²) in [4.78, 5) is 12.4. The molecule has 6 rings (SSSR count). The molecule has 5 aliphatic rings. The zero-order chi connectivity index (χ0) is 21.8. The van der Waals surface area contributed by atoms with Crippen LogP contribution in [-0.4, -0.2) is 43.4 Å². The summed E-state index contributed by atoms with van der Waals surface area (Å²) in [6.07, 6.45) is 2.79. The molecule has 0 radical (unpaired) electrons. The Balaban J connectivity index is 1.37. The molecule has 2 aliphatic carbocycles. The normalized spacial score (nSPS) is 45.9. The van der Waals surface area contributed by atoms with E-state index in [-0.39, 0.29) is 30.0 Å². The Morgan fingerprint density at radius 2 is 1.84 bits per heavy atom. The minimum Gasteiger partial charge on any atom is -0.497 e. The Labute approximate surface area is 185 Å². The highest BCUT2D eigenvalue weighted by atomic mass is 17.2. The monoisotopic (exact) mass is 432 g/mol. The summed E-state index contributed by atoms with van der Waals surface area (Å²) < 4.78 is 24.3. The van der Waals surface area contributed by atoms with Crippen LogP contribution < -0.4 is 4.74 Å². The van der Waals surface area contributed by atoms with Gasteiger partial charge in [-0.25, -0.2) is 9.78 Å². The lowest BCUT2D eigenvalue weighted by atomic mass is 9.74. The lowest BCUT2D eigenvalue weighted by molar-refractivity contribution is -0.444. The number of methoxy groups -OCH3 is 1. The Bertz CT molecular complexity index is 771. The highest BCUT2D eigenvalue weighted by molar-refractivity contribution is 5.26. The van der Waals surface area contributed by atoms with Gasteiger partial charge in [-0.3, -0.25) is 0 Å². The minimum atomic E-state index is -0.433. The molecule has 2 saturated carbocycles. The van der Waals surface area contributed by atoms with Crippen LogP contribution in [0.1, 0.15) is 52.5 Å². The second kappa shape index (κ2) is 7.99. The number of benzene rings is 1. The minimum absolute atomic E-state index is 0.0297. The molecule has 1 aromatic rings. The molecule has 1 aromatic carbocycles. The molecule has 172 valence electrons. The molecule has 0 amide bonds. The van der Waals surface area contributed by atoms with E-state index in [1.54, 1.807) is 7.11 Å². The van der Waals surface area contributed by atoms with Crippen LogP contribution in [0.4, 0.5) is 0 Å². The third-order valence-electron chi connectivity index (χ3n) is 8.57. The van der Waals surface area contributed by atoms with E-state index in [1.807, 2.05) is 19.1 Å². The van der Waals surface area contributed by atoms with Crippen LogP contribution in [0, 0.1) is 23.7 Å². The first-order valence-corrected chi connectivity index (χ1v) is 11.8. The van der Waals surface area contributed by atoms with E-state index in [0.717, 1.165) is 30.6 Å². The highest BCUT2D eigenvalue weighted by Gasteiger charge is 2.70. The van der Waals surface area contributed by atoms with E-state index in [4.69, 9.17) is 28.7 Å². The predicted octanol–water partition coefficient (Wildman–Crippen LogP) is 4.50. The van der Waals surface area contributed by atoms with E-state index in [0.29, 0.717) is 31.0 Å². The first kappa shape index (κ1) is 21.7. The van der Waals surface area contributed by atoms with Gasteiger partial charge in [0.25, 0.3) is 0 Å². The molecule has 6 heteroatoms. The van der Waals surface area contributed by atoms with Crippen LogP contribution in [-0.2, 0) is 30.6 Å². The summed E-state index contributed by atoms with van der Waals surface area (Å²) >= 11 is 0. The van der Waals surface area contributed by atoms with Crippen LogP contribution >= 0.6 is 0 Å². The van der Waals surface area contributed by atoms with Gasteiger partial charge < -0.3 is 18.9 Å². The third kappa shape index (κ3) is 3.34. The number of ether oxygens (including phenoxy) is 4. The summed E-state index contributed by atoms with van der Waals surface area (Å²) in [6, 6.07) is 8.11. The van der Waals surface area contributed by atoms with Crippen LogP contribution in [0.3, 0.4) is 0 Å². The fourth-order valence-corrected chi connectivity index (χ4v) is 6.60. The number of fused-ring (bicyclic) bond motifs is 2. The average molecular weight is 433 g/mol. The summed E-state index contributed by atoms with van der Waals surface area (Å²) in [7, 11) is 1.69. The van der Waals surface area contributed by atoms with Crippen molar-refractivity contribution in [3.05, 3.63) is 29.8 Å². The van der Waals surface area contributed by atoms with Crippen LogP contribution in [0.15, 0.2) is 24.3 Å². The quantitative estimate of drug-likeness (QED) is 0.617. The second-order valence-electron chi connectivity index (χ2n) is 10.1. The molecule has 3 heterocycles. The molecule has 2 bridgehead atoms. The largest absolute Gasteiger partial charge is 0.497 e. The van der Waals surface area contributed by atoms with Gasteiger partial charge in [0.2, 0.25) is 0 Å². The summed E-state index contributed by atoms with van der Waals surface area (Å²) in [5, 5.41) is 0. The molecule has 5 fully saturated rings. The van der Waals surface area contributed by atoms with Crippen molar-refractivity contribution in [2.45, 2.75) is 83.3 Å². The first-order valence-electron chi connectivity index (χ1n) is 11.8. The van der Waals surface area contributed by atoms with Crippen molar-refractivity contribution >= 4 is 0 Å². The van der Waals surface area contributed by atoms with Crippen molar-refractivity contribution in [2.75, 3.05) is 13.7 Å². The number of rotatable bonds is 6. The zero-order valence-electron chi connectivity index (χ0n) is 19.3. The fraction of sp³-hybridized carbons (Fsp3) is 0.760. The average Bonchev–Trinajstić information content (AvgIpc) is 3.18. The maximum atomic E-state index is 6.59. The molecule has 3 saturated heterocycles. The molecule has 0 N–H and O–H groups in total. The second-order valence-corrected chi connectivity index (χ2v) is 10.1. The Morgan fingerprint density at radius 1 is 1.06 bits per heavy atom. The number of hydrogen-bond acceptors (Lipinski definition) is 6. The Kier molecular flexibility index (Phi) is 5.58. The molecule has 6 nitrogen and oxygen atoms in total. The maximum absolute atomic E-state index is 6.59. The van der Waals surface area contributed by atoms with Gasteiger partial charge in [0.15, 0.2) is 6.29 Å². The van der Waals surface area contributed by atoms with E-state index < -0.39 is 5.60 Å². The van der Waals surface area contributed by atoms with Gasteiger partial charge in [-0.05, 0) is 68.6 Å². The van der Waals surface area contributed by atoms with E-state index in [2.05, 4.69) is 32.9 Å². The molecule has 0 aromatic heterocycles. The lowest BCUT2D eigenvalue weighted by Crippen LogP contribution is -2.51. The van der Waals surface area contributed by atoms with Crippen LogP contribution in [0.25, 0.3) is 0 Å². The van der Waals surface area contributed by atoms with Gasteiger partial charge in [-0.1, -0.05) is 26.0 Å². The number of hydrogen-bond donors (Lipinski definition) is 0. The molecular weight excluding hydrogens is 396 g/mol. The molecule has 1 spiro atoms. The topological polar surface area (TPSA) is 55.4 Å². The standard InChI is InChI=1S/C25H36O6/c1-6-27-23-16(3)25-12-11-24(4,30-31-25)19-13-20(15(2)21(19)22(25)29-23)28-14-17-7-9-18(26-5)10-8-17/h7-10,15-16,19-23H,6,11-14H2,1-5H3/t15-,16-,19-,20-,21+,22+,23+,24-,25-/m0/s1. The van der Waals surface area contributed by atoms with Gasteiger partial charge in [-0.15, -0.1) is 0 Å². The van der Waals surface area contributed by atoms with Crippen molar-refractivity contribution < 1.29 is 28.7 Å². The molecule has 0 unspecified atom stereocenters. The molecule has 9 atom stereocenters. The summed E-state index contributed by atoms with van der Waals surface area (Å²) in [5.74, 6) is 2.01. The van der Waals surface area contributed by atoms with Crippen LogP contribution in [0.2, 0.25) is 0 Å². The zero-order valence-corrected chi connectivity index (χ0v) is 19.3. The Hall–Kier alpha value is -1.18. The van der Waals surface area contributed by atoms with Gasteiger partial charge in [0.05, 0.1) is 25.9 Å². The maximum Gasteiger partial charge on any atom is 0.163 e. The van der Waals surface area contributed by atoms with Crippen LogP contribution in [0.5, 0.6) is 5.75 Å². The SMILES string of the molecule is CCO[C@@H]1O[C@@H]2[C@@H]3[C@@H](C)[C@@H](OCc4ccc(OC)cc4)C[C@@H]3[C@]3(C)CC[C@]2(OO3)[C@H]1C. The van der Waals surface area contributed by atoms with Gasteiger partial charge >= 0.3 is 0 Å². The molecule has 3 aliphatic heterocycles. The van der Waals surface area contributed by atoms with Gasteiger partial charge in [0, 0.05) is 12.5 Å². The predicted molar refractivity (Wildman–Crippen MR) is 114 cm³/mol. The molecule has 31 heavy (non-hydrogen) atoms. The smallest absolute Gasteiger partial charge is 0.163 e. The van der Waals surface area contributed by atoms with Crippen molar-refractivity contribution in [3.63, 3.8) is 0 Å². The highest BCUT2D eigenvalue weighted by Crippen LogP contribution is 2.62. The van der Waals surface area contributed by atoms with Crippen molar-refractivity contribution in [1.82, 2.24) is 0 Å². The van der Waals surface area contributed by atoms with E-state index in [9.17, 15) is 0 Å².